The minimum atomic E-state index is 0. The maximum absolute atomic E-state index is 5.58. The van der Waals surface area contributed by atoms with E-state index < -0.39 is 0 Å². The van der Waals surface area contributed by atoms with E-state index in [4.69, 9.17) is 26.9 Å². The molecule has 0 radical (unpaired) electrons. The van der Waals surface area contributed by atoms with E-state index in [0.717, 1.165) is 22.6 Å². The summed E-state index contributed by atoms with van der Waals surface area (Å²) in [5, 5.41) is 0. The molecule has 0 aliphatic heterocycles. The van der Waals surface area contributed by atoms with E-state index in [0.29, 0.717) is 12.4 Å². The molecule has 2 aromatic rings. The van der Waals surface area contributed by atoms with Crippen LogP contribution in [-0.4, -0.2) is 14.2 Å². The summed E-state index contributed by atoms with van der Waals surface area (Å²) < 4.78 is 9.97. The molecule has 0 spiro atoms. The zero-order chi connectivity index (χ0) is 15.5. The molecule has 146 valence electrons. The van der Waals surface area contributed by atoms with Gasteiger partial charge in [-0.05, 0) is 35.4 Å². The van der Waals surface area contributed by atoms with Gasteiger partial charge >= 0.3 is 0 Å². The van der Waals surface area contributed by atoms with Gasteiger partial charge in [0.2, 0.25) is 0 Å². The predicted octanol–water partition coefficient (Wildman–Crippen LogP) is 5.42. The molecular formula is C19H34Cl2N2O2. The molecule has 0 aromatic heterocycles. The summed E-state index contributed by atoms with van der Waals surface area (Å²) in [7, 11) is 3.30. The normalized spacial score (nSPS) is 8.00. The van der Waals surface area contributed by atoms with Gasteiger partial charge in [0.1, 0.15) is 11.5 Å². The first-order valence-electron chi connectivity index (χ1n) is 6.48. The van der Waals surface area contributed by atoms with Crippen molar-refractivity contribution in [2.45, 2.75) is 34.7 Å². The number of halogens is 2. The van der Waals surface area contributed by atoms with Crippen molar-refractivity contribution in [1.29, 1.82) is 0 Å². The second-order valence-corrected chi connectivity index (χ2v) is 4.48. The Morgan fingerprint density at radius 3 is 1.44 bits per heavy atom. The lowest BCUT2D eigenvalue weighted by Gasteiger charge is -2.01. The summed E-state index contributed by atoms with van der Waals surface area (Å²) in [6.07, 6.45) is 0. The Morgan fingerprint density at radius 2 is 1.16 bits per heavy atom. The highest BCUT2D eigenvalue weighted by molar-refractivity contribution is 6.17. The third kappa shape index (κ3) is 12.5. The summed E-state index contributed by atoms with van der Waals surface area (Å²) in [6.45, 7) is 0.685. The van der Waals surface area contributed by atoms with Crippen LogP contribution in [0, 0.1) is 0 Å². The van der Waals surface area contributed by atoms with E-state index in [2.05, 4.69) is 5.43 Å². The molecule has 0 amide bonds. The molecule has 2 aromatic carbocycles. The monoisotopic (exact) mass is 392 g/mol. The number of methoxy groups -OCH3 is 2. The SMILES string of the molecule is C.C.C.COc1ccc(CCl)cc1.COc1ccc(CNN)cc1.Cl. The van der Waals surface area contributed by atoms with Gasteiger partial charge in [-0.25, -0.2) is 0 Å². The van der Waals surface area contributed by atoms with Crippen molar-refractivity contribution in [3.63, 3.8) is 0 Å². The third-order valence-electron chi connectivity index (χ3n) is 2.78. The molecule has 0 fully saturated rings. The molecule has 0 unspecified atom stereocenters. The van der Waals surface area contributed by atoms with Crippen LogP contribution < -0.4 is 20.7 Å². The summed E-state index contributed by atoms with van der Waals surface area (Å²) in [6, 6.07) is 15.5. The molecule has 25 heavy (non-hydrogen) atoms. The maximum Gasteiger partial charge on any atom is 0.118 e. The average Bonchev–Trinajstić information content (AvgIpc) is 2.56. The number of nitrogens with two attached hydrogens (primary N) is 1. The van der Waals surface area contributed by atoms with Crippen LogP contribution in [0.15, 0.2) is 48.5 Å². The van der Waals surface area contributed by atoms with Crippen molar-refractivity contribution in [1.82, 2.24) is 5.43 Å². The standard InChI is InChI=1S/C8H9ClO.C8H12N2O.3CH4.ClH/c1-10-8-4-2-7(6-9)3-5-8;1-11-8-4-2-7(3-5-8)6-10-9;;;;/h2-5H,6H2,1H3;2-5,10H,6,9H2,1H3;3*1H4;1H. The van der Waals surface area contributed by atoms with Gasteiger partial charge in [-0.1, -0.05) is 46.5 Å². The summed E-state index contributed by atoms with van der Waals surface area (Å²) >= 11 is 5.58. The number of nitrogens with one attached hydrogen (secondary N) is 1. The van der Waals surface area contributed by atoms with E-state index >= 15 is 0 Å². The van der Waals surface area contributed by atoms with Gasteiger partial charge in [-0.3, -0.25) is 11.3 Å². The van der Waals surface area contributed by atoms with Crippen LogP contribution in [0.1, 0.15) is 33.4 Å². The van der Waals surface area contributed by atoms with Crippen molar-refractivity contribution in [2.75, 3.05) is 14.2 Å². The number of hydrazine groups is 1. The largest absolute Gasteiger partial charge is 0.497 e. The highest BCUT2D eigenvalue weighted by atomic mass is 35.5. The van der Waals surface area contributed by atoms with Crippen molar-refractivity contribution in [3.8, 4) is 11.5 Å². The van der Waals surface area contributed by atoms with Crippen LogP contribution in [0.25, 0.3) is 0 Å². The van der Waals surface area contributed by atoms with Crippen LogP contribution in [0.5, 0.6) is 11.5 Å². The first kappa shape index (κ1) is 31.3. The molecule has 6 heteroatoms. The Morgan fingerprint density at radius 1 is 0.800 bits per heavy atom. The molecule has 0 aliphatic carbocycles. The van der Waals surface area contributed by atoms with Crippen molar-refractivity contribution in [3.05, 3.63) is 59.7 Å². The van der Waals surface area contributed by atoms with Gasteiger partial charge < -0.3 is 9.47 Å². The molecule has 0 heterocycles. The first-order valence-corrected chi connectivity index (χ1v) is 7.02. The van der Waals surface area contributed by atoms with Crippen molar-refractivity contribution >= 4 is 24.0 Å². The van der Waals surface area contributed by atoms with Crippen LogP contribution in [0.2, 0.25) is 0 Å². The Bertz CT molecular complexity index is 483. The average molecular weight is 393 g/mol. The number of hydrogen-bond donors (Lipinski definition) is 2. The molecule has 0 bridgehead atoms. The first-order chi connectivity index (χ1) is 10.2. The Balaban J connectivity index is -0.000000152. The smallest absolute Gasteiger partial charge is 0.118 e. The predicted molar refractivity (Wildman–Crippen MR) is 114 cm³/mol. The minimum absolute atomic E-state index is 0. The number of hydrogen-bond acceptors (Lipinski definition) is 4. The van der Waals surface area contributed by atoms with Crippen LogP contribution in [0.3, 0.4) is 0 Å². The molecule has 3 N–H and O–H groups in total. The zero-order valence-electron chi connectivity index (χ0n) is 12.7. The number of rotatable bonds is 5. The Labute approximate surface area is 165 Å². The fourth-order valence-corrected chi connectivity index (χ4v) is 1.75. The highest BCUT2D eigenvalue weighted by Crippen LogP contribution is 2.12. The van der Waals surface area contributed by atoms with Crippen molar-refractivity contribution < 1.29 is 9.47 Å². The maximum atomic E-state index is 5.58. The molecule has 2 rings (SSSR count). The highest BCUT2D eigenvalue weighted by Gasteiger charge is 1.91. The van der Waals surface area contributed by atoms with Crippen LogP contribution >= 0.6 is 24.0 Å². The molecule has 0 saturated heterocycles. The summed E-state index contributed by atoms with van der Waals surface area (Å²) in [4.78, 5) is 0. The quantitative estimate of drug-likeness (QED) is 0.404. The molecule has 4 nitrogen and oxygen atoms in total. The zero-order valence-corrected chi connectivity index (χ0v) is 14.3. The van der Waals surface area contributed by atoms with Crippen LogP contribution in [0.4, 0.5) is 0 Å². The fourth-order valence-electron chi connectivity index (χ4n) is 1.58. The van der Waals surface area contributed by atoms with Gasteiger partial charge in [0.15, 0.2) is 0 Å². The third-order valence-corrected chi connectivity index (χ3v) is 3.09. The fraction of sp³-hybridized carbons (Fsp3) is 0.368. The van der Waals surface area contributed by atoms with E-state index in [9.17, 15) is 0 Å². The summed E-state index contributed by atoms with van der Waals surface area (Å²) in [5.41, 5.74) is 4.84. The van der Waals surface area contributed by atoms with E-state index in [1.807, 2.05) is 48.5 Å². The lowest BCUT2D eigenvalue weighted by molar-refractivity contribution is 0.414. The van der Waals surface area contributed by atoms with E-state index in [1.165, 1.54) is 0 Å². The topological polar surface area (TPSA) is 56.5 Å². The Kier molecular flexibility index (Phi) is 23.6. The minimum Gasteiger partial charge on any atom is -0.497 e. The number of alkyl halides is 1. The molecule has 0 saturated carbocycles. The van der Waals surface area contributed by atoms with E-state index in [1.54, 1.807) is 14.2 Å². The van der Waals surface area contributed by atoms with Gasteiger partial charge in [-0.2, -0.15) is 0 Å². The van der Waals surface area contributed by atoms with Crippen LogP contribution in [-0.2, 0) is 12.4 Å². The lowest BCUT2D eigenvalue weighted by Crippen LogP contribution is -2.20. The molecular weight excluding hydrogens is 359 g/mol. The van der Waals surface area contributed by atoms with Gasteiger partial charge in [0.25, 0.3) is 0 Å². The number of ether oxygens (including phenoxy) is 2. The van der Waals surface area contributed by atoms with Gasteiger partial charge in [0.05, 0.1) is 14.2 Å². The van der Waals surface area contributed by atoms with Gasteiger partial charge in [0, 0.05) is 12.4 Å². The van der Waals surface area contributed by atoms with E-state index in [-0.39, 0.29) is 34.7 Å². The molecule has 0 aliphatic rings. The summed E-state index contributed by atoms with van der Waals surface area (Å²) in [5.74, 6) is 7.45. The second kappa shape index (κ2) is 18.9. The number of benzene rings is 2. The molecule has 0 atom stereocenters. The second-order valence-electron chi connectivity index (χ2n) is 4.21. The lowest BCUT2D eigenvalue weighted by atomic mass is 10.2. The van der Waals surface area contributed by atoms with Crippen molar-refractivity contribution in [2.24, 2.45) is 5.84 Å². The van der Waals surface area contributed by atoms with Gasteiger partial charge in [-0.15, -0.1) is 24.0 Å². The Hall–Kier alpha value is -1.46.